The fraction of sp³-hybridized carbons (Fsp3) is 0.316. The van der Waals surface area contributed by atoms with Crippen molar-refractivity contribution in [1.82, 2.24) is 30.2 Å². The van der Waals surface area contributed by atoms with Gasteiger partial charge in [0.1, 0.15) is 0 Å². The molecule has 1 aromatic carbocycles. The highest BCUT2D eigenvalue weighted by Crippen LogP contribution is 2.30. The van der Waals surface area contributed by atoms with Crippen molar-refractivity contribution in [2.45, 2.75) is 26.2 Å². The SMILES string of the molecule is CC(C)c1nc(CCNC(=O)Nc2nc3ccc(-c4cnn(C)c4)cc3s2)no1. The van der Waals surface area contributed by atoms with Crippen molar-refractivity contribution in [2.75, 3.05) is 11.9 Å². The summed E-state index contributed by atoms with van der Waals surface area (Å²) in [5.41, 5.74) is 2.94. The van der Waals surface area contributed by atoms with Crippen molar-refractivity contribution in [2.24, 2.45) is 7.05 Å². The summed E-state index contributed by atoms with van der Waals surface area (Å²) in [7, 11) is 1.89. The number of nitrogens with zero attached hydrogens (tertiary/aromatic N) is 5. The zero-order valence-electron chi connectivity index (χ0n) is 16.3. The zero-order valence-corrected chi connectivity index (χ0v) is 17.2. The van der Waals surface area contributed by atoms with Crippen LogP contribution in [0.1, 0.15) is 31.5 Å². The smallest absolute Gasteiger partial charge is 0.321 e. The molecule has 3 heterocycles. The van der Waals surface area contributed by atoms with Crippen LogP contribution in [0.25, 0.3) is 21.3 Å². The predicted molar refractivity (Wildman–Crippen MR) is 111 cm³/mol. The highest BCUT2D eigenvalue weighted by atomic mass is 32.1. The summed E-state index contributed by atoms with van der Waals surface area (Å²) in [4.78, 5) is 20.9. The second-order valence-corrected chi connectivity index (χ2v) is 7.97. The second-order valence-electron chi connectivity index (χ2n) is 6.94. The minimum absolute atomic E-state index is 0.185. The molecule has 0 fully saturated rings. The molecule has 2 amide bonds. The molecule has 4 rings (SSSR count). The Morgan fingerprint density at radius 1 is 1.28 bits per heavy atom. The topological polar surface area (TPSA) is 111 Å². The molecule has 0 spiro atoms. The summed E-state index contributed by atoms with van der Waals surface area (Å²) in [5, 5.41) is 14.2. The Hall–Kier alpha value is -3.27. The van der Waals surface area contributed by atoms with Crippen molar-refractivity contribution < 1.29 is 9.32 Å². The summed E-state index contributed by atoms with van der Waals surface area (Å²) in [5.74, 6) is 1.37. The number of fused-ring (bicyclic) bond motifs is 1. The maximum atomic E-state index is 12.2. The highest BCUT2D eigenvalue weighted by molar-refractivity contribution is 7.22. The van der Waals surface area contributed by atoms with Crippen molar-refractivity contribution >= 4 is 32.7 Å². The maximum absolute atomic E-state index is 12.2. The van der Waals surface area contributed by atoms with Gasteiger partial charge in [0.25, 0.3) is 0 Å². The van der Waals surface area contributed by atoms with E-state index in [4.69, 9.17) is 4.52 Å². The Kier molecular flexibility index (Phi) is 5.26. The number of nitrogens with one attached hydrogen (secondary N) is 2. The molecule has 3 aromatic heterocycles. The standard InChI is InChI=1S/C19H21N7O2S/c1-11(2)17-23-16(25-28-17)6-7-20-18(27)24-19-22-14-5-4-12(8-15(14)29-19)13-9-21-26(3)10-13/h4-5,8-11H,6-7H2,1-3H3,(H2,20,22,24,27). The van der Waals surface area contributed by atoms with Gasteiger partial charge in [-0.15, -0.1) is 0 Å². The van der Waals surface area contributed by atoms with Gasteiger partial charge in [0.2, 0.25) is 5.89 Å². The highest BCUT2D eigenvalue weighted by Gasteiger charge is 2.12. The molecule has 0 radical (unpaired) electrons. The first kappa shape index (κ1) is 19.1. The Morgan fingerprint density at radius 3 is 2.86 bits per heavy atom. The van der Waals surface area contributed by atoms with Gasteiger partial charge in [-0.2, -0.15) is 10.1 Å². The number of carbonyl (C=O) groups excluding carboxylic acids is 1. The molecule has 0 aliphatic rings. The third-order valence-electron chi connectivity index (χ3n) is 4.26. The average molecular weight is 411 g/mol. The molecule has 0 bridgehead atoms. The number of urea groups is 1. The number of hydrogen-bond acceptors (Lipinski definition) is 7. The minimum atomic E-state index is -0.316. The molecular formula is C19H21N7O2S. The lowest BCUT2D eigenvalue weighted by molar-refractivity contribution is 0.252. The van der Waals surface area contributed by atoms with E-state index < -0.39 is 0 Å². The molecule has 150 valence electrons. The normalized spacial score (nSPS) is 11.3. The Bertz CT molecular complexity index is 1140. The van der Waals surface area contributed by atoms with Crippen LogP contribution in [0.5, 0.6) is 0 Å². The third kappa shape index (κ3) is 4.43. The lowest BCUT2D eigenvalue weighted by Crippen LogP contribution is -2.30. The van der Waals surface area contributed by atoms with Crippen molar-refractivity contribution in [3.63, 3.8) is 0 Å². The van der Waals surface area contributed by atoms with Crippen LogP contribution in [0.4, 0.5) is 9.93 Å². The zero-order chi connectivity index (χ0) is 20.4. The van der Waals surface area contributed by atoms with Crippen molar-refractivity contribution in [1.29, 1.82) is 0 Å². The molecule has 10 heteroatoms. The largest absolute Gasteiger partial charge is 0.339 e. The first-order chi connectivity index (χ1) is 14.0. The first-order valence-electron chi connectivity index (χ1n) is 9.25. The summed E-state index contributed by atoms with van der Waals surface area (Å²) in [6.07, 6.45) is 4.28. The second kappa shape index (κ2) is 8.00. The number of benzene rings is 1. The molecule has 4 aromatic rings. The average Bonchev–Trinajstić information content (AvgIpc) is 3.40. The number of aryl methyl sites for hydroxylation is 1. The number of hydrogen-bond donors (Lipinski definition) is 2. The number of rotatable bonds is 6. The van der Waals surface area contributed by atoms with E-state index in [0.29, 0.717) is 29.8 Å². The van der Waals surface area contributed by atoms with Gasteiger partial charge in [-0.25, -0.2) is 9.78 Å². The van der Waals surface area contributed by atoms with Gasteiger partial charge >= 0.3 is 6.03 Å². The minimum Gasteiger partial charge on any atom is -0.339 e. The molecule has 0 saturated carbocycles. The van der Waals surface area contributed by atoms with Gasteiger partial charge in [-0.1, -0.05) is 36.4 Å². The van der Waals surface area contributed by atoms with Gasteiger partial charge in [-0.3, -0.25) is 10.00 Å². The van der Waals surface area contributed by atoms with E-state index in [2.05, 4.69) is 36.9 Å². The third-order valence-corrected chi connectivity index (χ3v) is 5.19. The van der Waals surface area contributed by atoms with E-state index >= 15 is 0 Å². The van der Waals surface area contributed by atoms with Gasteiger partial charge in [-0.05, 0) is 17.7 Å². The van der Waals surface area contributed by atoms with Crippen LogP contribution in [0, 0.1) is 0 Å². The van der Waals surface area contributed by atoms with Crippen LogP contribution in [0.2, 0.25) is 0 Å². The summed E-state index contributed by atoms with van der Waals surface area (Å²) >= 11 is 1.43. The molecule has 0 atom stereocenters. The van der Waals surface area contributed by atoms with Crippen molar-refractivity contribution in [3.05, 3.63) is 42.3 Å². The van der Waals surface area contributed by atoms with Gasteiger partial charge in [0.15, 0.2) is 11.0 Å². The Labute approximate surface area is 171 Å². The number of aromatic nitrogens is 5. The van der Waals surface area contributed by atoms with E-state index in [0.717, 1.165) is 21.3 Å². The summed E-state index contributed by atoms with van der Waals surface area (Å²) < 4.78 is 7.91. The number of thiazole rings is 1. The van der Waals surface area contributed by atoms with Gasteiger partial charge in [0, 0.05) is 37.7 Å². The maximum Gasteiger partial charge on any atom is 0.321 e. The number of anilines is 1. The van der Waals surface area contributed by atoms with Crippen LogP contribution < -0.4 is 10.6 Å². The molecular weight excluding hydrogens is 390 g/mol. The molecule has 2 N–H and O–H groups in total. The quantitative estimate of drug-likeness (QED) is 0.502. The van der Waals surface area contributed by atoms with Crippen molar-refractivity contribution in [3.8, 4) is 11.1 Å². The summed E-state index contributed by atoms with van der Waals surface area (Å²) in [6, 6.07) is 5.68. The van der Waals surface area contributed by atoms with E-state index in [-0.39, 0.29) is 11.9 Å². The Morgan fingerprint density at radius 2 is 2.14 bits per heavy atom. The number of carbonyl (C=O) groups is 1. The lowest BCUT2D eigenvalue weighted by atomic mass is 10.1. The lowest BCUT2D eigenvalue weighted by Gasteiger charge is -2.03. The van der Waals surface area contributed by atoms with E-state index in [9.17, 15) is 4.79 Å². The van der Waals surface area contributed by atoms with E-state index in [1.54, 1.807) is 4.68 Å². The van der Waals surface area contributed by atoms with Crippen LogP contribution in [-0.2, 0) is 13.5 Å². The molecule has 0 unspecified atom stereocenters. The van der Waals surface area contributed by atoms with Crippen LogP contribution in [0.3, 0.4) is 0 Å². The fourth-order valence-corrected chi connectivity index (χ4v) is 3.66. The molecule has 0 saturated heterocycles. The first-order valence-corrected chi connectivity index (χ1v) is 10.1. The monoisotopic (exact) mass is 411 g/mol. The van der Waals surface area contributed by atoms with Gasteiger partial charge < -0.3 is 9.84 Å². The Balaban J connectivity index is 1.35. The summed E-state index contributed by atoms with van der Waals surface area (Å²) in [6.45, 7) is 4.38. The number of amides is 2. The van der Waals surface area contributed by atoms with Gasteiger partial charge in [0.05, 0.1) is 16.4 Å². The van der Waals surface area contributed by atoms with E-state index in [1.165, 1.54) is 11.3 Å². The predicted octanol–water partition coefficient (Wildman–Crippen LogP) is 3.57. The molecule has 0 aliphatic carbocycles. The van der Waals surface area contributed by atoms with Crippen LogP contribution in [-0.4, -0.2) is 37.5 Å². The van der Waals surface area contributed by atoms with Crippen LogP contribution >= 0.6 is 11.3 Å². The fourth-order valence-electron chi connectivity index (χ4n) is 2.76. The molecule has 29 heavy (non-hydrogen) atoms. The van der Waals surface area contributed by atoms with Crippen LogP contribution in [0.15, 0.2) is 35.1 Å². The van der Waals surface area contributed by atoms with E-state index in [1.807, 2.05) is 45.4 Å². The molecule has 0 aliphatic heterocycles. The molecule has 9 nitrogen and oxygen atoms in total.